The van der Waals surface area contributed by atoms with Crippen LogP contribution in [0.1, 0.15) is 31.0 Å². The van der Waals surface area contributed by atoms with Crippen LogP contribution >= 0.6 is 0 Å². The molecule has 0 radical (unpaired) electrons. The zero-order chi connectivity index (χ0) is 13.6. The maximum absolute atomic E-state index is 12.1. The minimum absolute atomic E-state index is 0.0344. The van der Waals surface area contributed by atoms with Crippen molar-refractivity contribution in [1.82, 2.24) is 10.2 Å². The lowest BCUT2D eigenvalue weighted by atomic mass is 9.75. The standard InChI is InChI=1S/C15H20N2O2/c1-15(2)9-17-13(7-16-8-14(17)18)11-5-4-10(19-3)6-12(11)15/h4-6,13,16H,7-9H2,1-3H3. The molecule has 1 unspecified atom stereocenters. The summed E-state index contributed by atoms with van der Waals surface area (Å²) in [6.45, 7) is 6.45. The molecule has 19 heavy (non-hydrogen) atoms. The Bertz CT molecular complexity index is 525. The highest BCUT2D eigenvalue weighted by molar-refractivity contribution is 5.80. The molecule has 4 heteroatoms. The quantitative estimate of drug-likeness (QED) is 0.831. The van der Waals surface area contributed by atoms with E-state index >= 15 is 0 Å². The Balaban J connectivity index is 2.11. The SMILES string of the molecule is COc1ccc2c(c1)C(C)(C)CN1C(=O)CNCC21. The molecular formula is C15H20N2O2. The van der Waals surface area contributed by atoms with Crippen LogP contribution in [0, 0.1) is 0 Å². The molecule has 1 aromatic carbocycles. The van der Waals surface area contributed by atoms with Crippen LogP contribution in [0.5, 0.6) is 5.75 Å². The second kappa shape index (κ2) is 4.23. The summed E-state index contributed by atoms with van der Waals surface area (Å²) in [5.74, 6) is 1.08. The lowest BCUT2D eigenvalue weighted by molar-refractivity contribution is -0.136. The van der Waals surface area contributed by atoms with E-state index in [9.17, 15) is 4.79 Å². The first kappa shape index (κ1) is 12.5. The van der Waals surface area contributed by atoms with Crippen molar-refractivity contribution in [2.24, 2.45) is 0 Å². The second-order valence-corrected chi connectivity index (χ2v) is 6.01. The first-order valence-corrected chi connectivity index (χ1v) is 6.71. The zero-order valence-corrected chi connectivity index (χ0v) is 11.7. The van der Waals surface area contributed by atoms with Gasteiger partial charge in [0.2, 0.25) is 5.91 Å². The number of ether oxygens (including phenoxy) is 1. The molecule has 1 aromatic rings. The molecule has 0 bridgehead atoms. The summed E-state index contributed by atoms with van der Waals surface area (Å²) in [4.78, 5) is 14.1. The molecule has 102 valence electrons. The Labute approximate surface area is 113 Å². The van der Waals surface area contributed by atoms with Gasteiger partial charge in [-0.1, -0.05) is 19.9 Å². The van der Waals surface area contributed by atoms with Crippen molar-refractivity contribution in [3.63, 3.8) is 0 Å². The second-order valence-electron chi connectivity index (χ2n) is 6.01. The summed E-state index contributed by atoms with van der Waals surface area (Å²) >= 11 is 0. The van der Waals surface area contributed by atoms with Crippen molar-refractivity contribution in [2.45, 2.75) is 25.3 Å². The van der Waals surface area contributed by atoms with Gasteiger partial charge in [0, 0.05) is 18.5 Å². The van der Waals surface area contributed by atoms with Gasteiger partial charge in [-0.05, 0) is 23.3 Å². The number of hydrogen-bond donors (Lipinski definition) is 1. The Kier molecular flexibility index (Phi) is 2.78. The van der Waals surface area contributed by atoms with Crippen LogP contribution in [0.15, 0.2) is 18.2 Å². The van der Waals surface area contributed by atoms with Crippen LogP contribution in [-0.2, 0) is 10.2 Å². The molecule has 1 atom stereocenters. The Morgan fingerprint density at radius 2 is 2.21 bits per heavy atom. The predicted octanol–water partition coefficient (Wildman–Crippen LogP) is 1.46. The minimum Gasteiger partial charge on any atom is -0.497 e. The van der Waals surface area contributed by atoms with E-state index in [1.54, 1.807) is 7.11 Å². The van der Waals surface area contributed by atoms with E-state index in [1.165, 1.54) is 11.1 Å². The molecule has 4 nitrogen and oxygen atoms in total. The van der Waals surface area contributed by atoms with Crippen LogP contribution in [0.4, 0.5) is 0 Å². The number of methoxy groups -OCH3 is 1. The molecule has 0 aromatic heterocycles. The van der Waals surface area contributed by atoms with Crippen molar-refractivity contribution >= 4 is 5.91 Å². The average Bonchev–Trinajstić information content (AvgIpc) is 2.40. The number of rotatable bonds is 1. The third-order valence-corrected chi connectivity index (χ3v) is 4.22. The van der Waals surface area contributed by atoms with Gasteiger partial charge in [-0.2, -0.15) is 0 Å². The van der Waals surface area contributed by atoms with E-state index in [-0.39, 0.29) is 17.4 Å². The molecular weight excluding hydrogens is 240 g/mol. The first-order valence-electron chi connectivity index (χ1n) is 6.71. The largest absolute Gasteiger partial charge is 0.497 e. The number of carbonyl (C=O) groups excluding carboxylic acids is 1. The van der Waals surface area contributed by atoms with Crippen LogP contribution < -0.4 is 10.1 Å². The number of piperazine rings is 1. The van der Waals surface area contributed by atoms with Crippen LogP contribution in [0.3, 0.4) is 0 Å². The maximum atomic E-state index is 12.1. The number of carbonyl (C=O) groups is 1. The third-order valence-electron chi connectivity index (χ3n) is 4.22. The highest BCUT2D eigenvalue weighted by atomic mass is 16.5. The Morgan fingerprint density at radius 1 is 1.42 bits per heavy atom. The average molecular weight is 260 g/mol. The summed E-state index contributed by atoms with van der Waals surface area (Å²) in [7, 11) is 1.69. The molecule has 0 aliphatic carbocycles. The molecule has 0 spiro atoms. The number of benzene rings is 1. The number of nitrogens with zero attached hydrogens (tertiary/aromatic N) is 1. The number of hydrogen-bond acceptors (Lipinski definition) is 3. The third kappa shape index (κ3) is 1.91. The number of nitrogens with one attached hydrogen (secondary N) is 1. The molecule has 1 saturated heterocycles. The topological polar surface area (TPSA) is 41.6 Å². The molecule has 0 saturated carbocycles. The van der Waals surface area contributed by atoms with Crippen molar-refractivity contribution in [3.05, 3.63) is 29.3 Å². The summed E-state index contributed by atoms with van der Waals surface area (Å²) in [6, 6.07) is 6.37. The predicted molar refractivity (Wildman–Crippen MR) is 73.3 cm³/mol. The van der Waals surface area contributed by atoms with Crippen molar-refractivity contribution in [3.8, 4) is 5.75 Å². The van der Waals surface area contributed by atoms with E-state index in [0.29, 0.717) is 6.54 Å². The normalized spacial score (nSPS) is 24.7. The van der Waals surface area contributed by atoms with Gasteiger partial charge in [0.05, 0.1) is 19.7 Å². The monoisotopic (exact) mass is 260 g/mol. The molecule has 1 N–H and O–H groups in total. The van der Waals surface area contributed by atoms with E-state index < -0.39 is 0 Å². The fraction of sp³-hybridized carbons (Fsp3) is 0.533. The summed E-state index contributed by atoms with van der Waals surface area (Å²) in [6.07, 6.45) is 0. The van der Waals surface area contributed by atoms with Gasteiger partial charge in [0.15, 0.2) is 0 Å². The molecule has 1 amide bonds. The lowest BCUT2D eigenvalue weighted by Gasteiger charge is -2.47. The van der Waals surface area contributed by atoms with Gasteiger partial charge in [-0.15, -0.1) is 0 Å². The zero-order valence-electron chi connectivity index (χ0n) is 11.7. The Morgan fingerprint density at radius 3 is 2.95 bits per heavy atom. The van der Waals surface area contributed by atoms with Crippen molar-refractivity contribution in [2.75, 3.05) is 26.7 Å². The minimum atomic E-state index is -0.0344. The maximum Gasteiger partial charge on any atom is 0.237 e. The molecule has 2 heterocycles. The van der Waals surface area contributed by atoms with Gasteiger partial charge < -0.3 is 15.0 Å². The molecule has 2 aliphatic heterocycles. The smallest absolute Gasteiger partial charge is 0.237 e. The first-order chi connectivity index (χ1) is 9.03. The number of amides is 1. The summed E-state index contributed by atoms with van der Waals surface area (Å²) < 4.78 is 5.33. The summed E-state index contributed by atoms with van der Waals surface area (Å²) in [5.41, 5.74) is 2.51. The van der Waals surface area contributed by atoms with Gasteiger partial charge in [0.25, 0.3) is 0 Å². The van der Waals surface area contributed by atoms with Crippen LogP contribution in [0.2, 0.25) is 0 Å². The van der Waals surface area contributed by atoms with E-state index in [0.717, 1.165) is 18.8 Å². The van der Waals surface area contributed by atoms with Gasteiger partial charge in [-0.25, -0.2) is 0 Å². The molecule has 3 rings (SSSR count). The van der Waals surface area contributed by atoms with E-state index in [1.807, 2.05) is 11.0 Å². The lowest BCUT2D eigenvalue weighted by Crippen LogP contribution is -2.56. The van der Waals surface area contributed by atoms with Crippen LogP contribution in [0.25, 0.3) is 0 Å². The number of fused-ring (bicyclic) bond motifs is 3. The van der Waals surface area contributed by atoms with Crippen molar-refractivity contribution in [1.29, 1.82) is 0 Å². The van der Waals surface area contributed by atoms with E-state index in [2.05, 4.69) is 31.3 Å². The molecule has 1 fully saturated rings. The van der Waals surface area contributed by atoms with E-state index in [4.69, 9.17) is 4.74 Å². The van der Waals surface area contributed by atoms with Gasteiger partial charge in [-0.3, -0.25) is 4.79 Å². The summed E-state index contributed by atoms with van der Waals surface area (Å²) in [5, 5.41) is 3.21. The van der Waals surface area contributed by atoms with Gasteiger partial charge >= 0.3 is 0 Å². The fourth-order valence-corrected chi connectivity index (χ4v) is 3.23. The Hall–Kier alpha value is -1.55. The highest BCUT2D eigenvalue weighted by Crippen LogP contribution is 2.41. The van der Waals surface area contributed by atoms with Crippen LogP contribution in [-0.4, -0.2) is 37.6 Å². The highest BCUT2D eigenvalue weighted by Gasteiger charge is 2.41. The van der Waals surface area contributed by atoms with Gasteiger partial charge in [0.1, 0.15) is 5.75 Å². The molecule has 2 aliphatic rings. The van der Waals surface area contributed by atoms with Crippen molar-refractivity contribution < 1.29 is 9.53 Å². The fourth-order valence-electron chi connectivity index (χ4n) is 3.23.